The normalized spacial score (nSPS) is 13.8. The van der Waals surface area contributed by atoms with Crippen LogP contribution in [0.3, 0.4) is 0 Å². The van der Waals surface area contributed by atoms with Crippen LogP contribution in [-0.2, 0) is 9.53 Å². The largest absolute Gasteiger partial charge is 0.484 e. The van der Waals surface area contributed by atoms with Gasteiger partial charge in [0.25, 0.3) is 17.5 Å². The molecule has 0 bridgehead atoms. The number of nitrogens with one attached hydrogen (secondary N) is 1. The number of carbonyl (C=O) groups excluding carboxylic acids is 2. The van der Waals surface area contributed by atoms with E-state index in [9.17, 15) is 19.7 Å². The van der Waals surface area contributed by atoms with Gasteiger partial charge in [-0.2, -0.15) is 5.10 Å². The molecule has 0 saturated carbocycles. The van der Waals surface area contributed by atoms with Crippen molar-refractivity contribution in [3.05, 3.63) is 69.3 Å². The molecule has 0 radical (unpaired) electrons. The maximum Gasteiger partial charge on any atom is 0.273 e. The fourth-order valence-electron chi connectivity index (χ4n) is 2.99. The summed E-state index contributed by atoms with van der Waals surface area (Å²) in [4.78, 5) is 36.5. The van der Waals surface area contributed by atoms with Crippen LogP contribution in [0.25, 0.3) is 0 Å². The molecule has 1 aliphatic rings. The van der Waals surface area contributed by atoms with Crippen LogP contribution in [0.4, 0.5) is 5.69 Å². The van der Waals surface area contributed by atoms with E-state index < -0.39 is 10.8 Å². The van der Waals surface area contributed by atoms with Crippen molar-refractivity contribution in [1.82, 2.24) is 10.3 Å². The standard InChI is InChI=1S/C21H22N4O6/c1-15-18(3-2-4-19(15)25(28)29)21(27)23-22-13-16-5-7-17(8-6-16)31-14-20(26)24-9-11-30-12-10-24/h2-8,13H,9-12,14H2,1H3,(H,23,27)/b22-13-. The van der Waals surface area contributed by atoms with Crippen LogP contribution in [0.2, 0.25) is 0 Å². The van der Waals surface area contributed by atoms with Crippen molar-refractivity contribution >= 4 is 23.7 Å². The van der Waals surface area contributed by atoms with E-state index in [0.717, 1.165) is 0 Å². The number of hydrogen-bond donors (Lipinski definition) is 1. The van der Waals surface area contributed by atoms with E-state index in [0.29, 0.717) is 37.6 Å². The minimum atomic E-state index is -0.543. The molecule has 1 saturated heterocycles. The van der Waals surface area contributed by atoms with Gasteiger partial charge in [-0.15, -0.1) is 0 Å². The monoisotopic (exact) mass is 426 g/mol. The molecule has 31 heavy (non-hydrogen) atoms. The van der Waals surface area contributed by atoms with E-state index in [2.05, 4.69) is 10.5 Å². The first-order valence-electron chi connectivity index (χ1n) is 9.61. The topological polar surface area (TPSA) is 123 Å². The number of nitro benzene ring substituents is 1. The minimum absolute atomic E-state index is 0.0495. The van der Waals surface area contributed by atoms with Crippen molar-refractivity contribution < 1.29 is 24.0 Å². The highest BCUT2D eigenvalue weighted by Crippen LogP contribution is 2.20. The summed E-state index contributed by atoms with van der Waals surface area (Å²) in [5, 5.41) is 14.9. The summed E-state index contributed by atoms with van der Waals surface area (Å²) < 4.78 is 10.7. The van der Waals surface area contributed by atoms with E-state index in [1.54, 1.807) is 29.2 Å². The first-order chi connectivity index (χ1) is 15.0. The fraction of sp³-hybridized carbons (Fsp3) is 0.286. The zero-order chi connectivity index (χ0) is 22.2. The average molecular weight is 426 g/mol. The number of nitrogens with zero attached hydrogens (tertiary/aromatic N) is 3. The molecule has 0 spiro atoms. The molecule has 2 aromatic rings. The minimum Gasteiger partial charge on any atom is -0.484 e. The quantitative estimate of drug-likeness (QED) is 0.410. The van der Waals surface area contributed by atoms with Gasteiger partial charge in [-0.3, -0.25) is 19.7 Å². The second-order valence-electron chi connectivity index (χ2n) is 6.76. The second-order valence-corrected chi connectivity index (χ2v) is 6.76. The predicted octanol–water partition coefficient (Wildman–Crippen LogP) is 1.90. The van der Waals surface area contributed by atoms with Gasteiger partial charge in [0.05, 0.1) is 29.9 Å². The first kappa shape index (κ1) is 21.9. The zero-order valence-electron chi connectivity index (χ0n) is 16.9. The Morgan fingerprint density at radius 2 is 1.94 bits per heavy atom. The summed E-state index contributed by atoms with van der Waals surface area (Å²) in [5.74, 6) is -0.0952. The van der Waals surface area contributed by atoms with Crippen molar-refractivity contribution in [3.63, 3.8) is 0 Å². The van der Waals surface area contributed by atoms with Crippen LogP contribution in [0.5, 0.6) is 5.75 Å². The van der Waals surface area contributed by atoms with Gasteiger partial charge in [0.2, 0.25) is 0 Å². The molecule has 10 nitrogen and oxygen atoms in total. The lowest BCUT2D eigenvalue weighted by Gasteiger charge is -2.26. The summed E-state index contributed by atoms with van der Waals surface area (Å²) in [6.45, 7) is 3.68. The van der Waals surface area contributed by atoms with Crippen molar-refractivity contribution in [2.75, 3.05) is 32.9 Å². The molecule has 0 aliphatic carbocycles. The molecular formula is C21H22N4O6. The van der Waals surface area contributed by atoms with E-state index in [1.807, 2.05) is 0 Å². The van der Waals surface area contributed by atoms with Crippen LogP contribution in [0.15, 0.2) is 47.6 Å². The van der Waals surface area contributed by atoms with Gasteiger partial charge in [0, 0.05) is 24.7 Å². The molecule has 2 amide bonds. The highest BCUT2D eigenvalue weighted by Gasteiger charge is 2.18. The van der Waals surface area contributed by atoms with Crippen LogP contribution in [0.1, 0.15) is 21.5 Å². The average Bonchev–Trinajstić information content (AvgIpc) is 2.78. The predicted molar refractivity (Wildman–Crippen MR) is 112 cm³/mol. The van der Waals surface area contributed by atoms with Gasteiger partial charge in [-0.1, -0.05) is 6.07 Å². The molecule has 0 unspecified atom stereocenters. The Hall–Kier alpha value is -3.79. The number of carbonyl (C=O) groups is 2. The molecule has 0 atom stereocenters. The van der Waals surface area contributed by atoms with E-state index in [-0.39, 0.29) is 29.3 Å². The Morgan fingerprint density at radius 1 is 1.23 bits per heavy atom. The molecule has 3 rings (SSSR count). The Labute approximate surface area is 178 Å². The molecule has 1 N–H and O–H groups in total. The highest BCUT2D eigenvalue weighted by molar-refractivity contribution is 5.97. The third-order valence-corrected chi connectivity index (χ3v) is 4.73. The van der Waals surface area contributed by atoms with Crippen molar-refractivity contribution in [3.8, 4) is 5.75 Å². The van der Waals surface area contributed by atoms with Gasteiger partial charge in [-0.05, 0) is 42.8 Å². The molecule has 10 heteroatoms. The van der Waals surface area contributed by atoms with Crippen molar-refractivity contribution in [2.45, 2.75) is 6.92 Å². The number of benzene rings is 2. The maximum absolute atomic E-state index is 12.3. The Bertz CT molecular complexity index is 984. The van der Waals surface area contributed by atoms with Gasteiger partial charge in [-0.25, -0.2) is 5.43 Å². The summed E-state index contributed by atoms with van der Waals surface area (Å²) in [6, 6.07) is 11.1. The number of hydrogen-bond acceptors (Lipinski definition) is 7. The first-order valence-corrected chi connectivity index (χ1v) is 9.61. The van der Waals surface area contributed by atoms with E-state index in [1.165, 1.54) is 31.3 Å². The molecule has 162 valence electrons. The smallest absolute Gasteiger partial charge is 0.273 e. The Balaban J connectivity index is 1.51. The lowest BCUT2D eigenvalue weighted by Crippen LogP contribution is -2.42. The Kier molecular flexibility index (Phi) is 7.28. The number of ether oxygens (including phenoxy) is 2. The summed E-state index contributed by atoms with van der Waals surface area (Å²) >= 11 is 0. The SMILES string of the molecule is Cc1c(C(=O)N/N=C\c2ccc(OCC(=O)N3CCOCC3)cc2)cccc1[N+](=O)[O-]. The van der Waals surface area contributed by atoms with Gasteiger partial charge >= 0.3 is 0 Å². The molecular weight excluding hydrogens is 404 g/mol. The lowest BCUT2D eigenvalue weighted by molar-refractivity contribution is -0.385. The summed E-state index contributed by atoms with van der Waals surface area (Å²) in [7, 11) is 0. The van der Waals surface area contributed by atoms with Crippen LogP contribution >= 0.6 is 0 Å². The number of morpholine rings is 1. The van der Waals surface area contributed by atoms with Gasteiger partial charge < -0.3 is 14.4 Å². The molecule has 2 aromatic carbocycles. The molecule has 1 aliphatic heterocycles. The van der Waals surface area contributed by atoms with Gasteiger partial charge in [0.1, 0.15) is 5.75 Å². The number of amides is 2. The fourth-order valence-corrected chi connectivity index (χ4v) is 2.99. The van der Waals surface area contributed by atoms with Gasteiger partial charge in [0.15, 0.2) is 6.61 Å². The lowest BCUT2D eigenvalue weighted by atomic mass is 10.1. The Morgan fingerprint density at radius 3 is 2.61 bits per heavy atom. The highest BCUT2D eigenvalue weighted by atomic mass is 16.6. The van der Waals surface area contributed by atoms with Crippen LogP contribution < -0.4 is 10.2 Å². The summed E-state index contributed by atoms with van der Waals surface area (Å²) in [5.41, 5.74) is 3.39. The number of nitro groups is 1. The molecule has 1 fully saturated rings. The maximum atomic E-state index is 12.3. The zero-order valence-corrected chi connectivity index (χ0v) is 16.9. The molecule has 0 aromatic heterocycles. The summed E-state index contributed by atoms with van der Waals surface area (Å²) in [6.07, 6.45) is 1.44. The van der Waals surface area contributed by atoms with E-state index in [4.69, 9.17) is 9.47 Å². The van der Waals surface area contributed by atoms with Crippen LogP contribution in [-0.4, -0.2) is 60.8 Å². The third-order valence-electron chi connectivity index (χ3n) is 4.73. The second kappa shape index (κ2) is 10.3. The third kappa shape index (κ3) is 5.86. The van der Waals surface area contributed by atoms with Crippen molar-refractivity contribution in [1.29, 1.82) is 0 Å². The molecule has 1 heterocycles. The van der Waals surface area contributed by atoms with Crippen molar-refractivity contribution in [2.24, 2.45) is 5.10 Å². The van der Waals surface area contributed by atoms with E-state index >= 15 is 0 Å². The number of rotatable bonds is 7. The van der Waals surface area contributed by atoms with Crippen LogP contribution in [0, 0.1) is 17.0 Å². The number of hydrazone groups is 1.